The van der Waals surface area contributed by atoms with Gasteiger partial charge in [0.15, 0.2) is 0 Å². The number of nitrogens with two attached hydrogens (primary N) is 1. The Morgan fingerprint density at radius 3 is 2.86 bits per heavy atom. The highest BCUT2D eigenvalue weighted by molar-refractivity contribution is 7.17. The standard InChI is InChI=1S/C17H18N2OS/c18-13-7-8-19(10-13)17(20)15-9-12-6-5-11-3-1-2-4-14(11)16(12)21-15/h1-4,9,13H,5-8,10,18H2/t13-/m0/s1. The normalized spacial score (nSPS) is 20.2. The number of carbonyl (C=O) groups excluding carboxylic acids is 1. The van der Waals surface area contributed by atoms with E-state index in [2.05, 4.69) is 30.3 Å². The molecule has 2 aliphatic rings. The van der Waals surface area contributed by atoms with Crippen LogP contribution in [0.15, 0.2) is 30.3 Å². The molecule has 0 bridgehead atoms. The van der Waals surface area contributed by atoms with Gasteiger partial charge < -0.3 is 10.6 Å². The molecule has 4 heteroatoms. The minimum Gasteiger partial charge on any atom is -0.336 e. The lowest BCUT2D eigenvalue weighted by atomic mass is 9.91. The van der Waals surface area contributed by atoms with Crippen LogP contribution in [-0.4, -0.2) is 29.9 Å². The van der Waals surface area contributed by atoms with Crippen LogP contribution in [0, 0.1) is 0 Å². The van der Waals surface area contributed by atoms with Crippen LogP contribution in [-0.2, 0) is 12.8 Å². The number of fused-ring (bicyclic) bond motifs is 3. The topological polar surface area (TPSA) is 46.3 Å². The van der Waals surface area contributed by atoms with E-state index in [4.69, 9.17) is 5.73 Å². The van der Waals surface area contributed by atoms with Gasteiger partial charge in [-0.2, -0.15) is 0 Å². The summed E-state index contributed by atoms with van der Waals surface area (Å²) in [5.41, 5.74) is 9.94. The van der Waals surface area contributed by atoms with Gasteiger partial charge in [-0.25, -0.2) is 0 Å². The van der Waals surface area contributed by atoms with Gasteiger partial charge in [0, 0.05) is 24.0 Å². The van der Waals surface area contributed by atoms with E-state index >= 15 is 0 Å². The Hall–Kier alpha value is -1.65. The van der Waals surface area contributed by atoms with Gasteiger partial charge in [0.25, 0.3) is 5.91 Å². The molecule has 1 aromatic heterocycles. The molecule has 0 unspecified atom stereocenters. The molecule has 0 saturated carbocycles. The summed E-state index contributed by atoms with van der Waals surface area (Å²) in [5.74, 6) is 0.153. The highest BCUT2D eigenvalue weighted by Gasteiger charge is 2.27. The monoisotopic (exact) mass is 298 g/mol. The molecule has 1 aliphatic carbocycles. The Labute approximate surface area is 128 Å². The molecule has 21 heavy (non-hydrogen) atoms. The zero-order valence-electron chi connectivity index (χ0n) is 11.8. The molecule has 0 radical (unpaired) electrons. The molecular weight excluding hydrogens is 280 g/mol. The average Bonchev–Trinajstić information content (AvgIpc) is 3.12. The van der Waals surface area contributed by atoms with Crippen molar-refractivity contribution < 1.29 is 4.79 Å². The predicted molar refractivity (Wildman–Crippen MR) is 85.7 cm³/mol. The lowest BCUT2D eigenvalue weighted by Gasteiger charge is -2.15. The first-order chi connectivity index (χ1) is 10.2. The van der Waals surface area contributed by atoms with Gasteiger partial charge in [-0.1, -0.05) is 24.3 Å². The Kier molecular flexibility index (Phi) is 3.08. The van der Waals surface area contributed by atoms with E-state index in [1.54, 1.807) is 11.3 Å². The number of hydrogen-bond donors (Lipinski definition) is 1. The van der Waals surface area contributed by atoms with E-state index in [1.165, 1.54) is 21.6 Å². The summed E-state index contributed by atoms with van der Waals surface area (Å²) in [7, 11) is 0. The van der Waals surface area contributed by atoms with Crippen LogP contribution in [0.2, 0.25) is 0 Å². The molecule has 2 heterocycles. The van der Waals surface area contributed by atoms with E-state index in [0.717, 1.165) is 30.7 Å². The number of aryl methyl sites for hydroxylation is 2. The van der Waals surface area contributed by atoms with Crippen molar-refractivity contribution in [3.8, 4) is 10.4 Å². The number of rotatable bonds is 1. The highest BCUT2D eigenvalue weighted by atomic mass is 32.1. The molecule has 0 spiro atoms. The molecular formula is C17H18N2OS. The van der Waals surface area contributed by atoms with Gasteiger partial charge in [0.1, 0.15) is 0 Å². The molecule has 108 valence electrons. The summed E-state index contributed by atoms with van der Waals surface area (Å²) in [6.07, 6.45) is 3.03. The third kappa shape index (κ3) is 2.19. The Balaban J connectivity index is 1.69. The molecule has 1 aromatic carbocycles. The molecule has 1 atom stereocenters. The van der Waals surface area contributed by atoms with Crippen molar-refractivity contribution in [1.82, 2.24) is 4.90 Å². The van der Waals surface area contributed by atoms with Crippen molar-refractivity contribution in [3.05, 3.63) is 46.3 Å². The van der Waals surface area contributed by atoms with Gasteiger partial charge in [-0.15, -0.1) is 11.3 Å². The van der Waals surface area contributed by atoms with Crippen molar-refractivity contribution in [2.45, 2.75) is 25.3 Å². The number of hydrogen-bond acceptors (Lipinski definition) is 3. The van der Waals surface area contributed by atoms with Crippen LogP contribution in [0.1, 0.15) is 27.2 Å². The Morgan fingerprint density at radius 2 is 2.05 bits per heavy atom. The van der Waals surface area contributed by atoms with E-state index < -0.39 is 0 Å². The first kappa shape index (κ1) is 13.0. The highest BCUT2D eigenvalue weighted by Crippen LogP contribution is 2.39. The maximum Gasteiger partial charge on any atom is 0.264 e. The lowest BCUT2D eigenvalue weighted by molar-refractivity contribution is 0.0795. The summed E-state index contributed by atoms with van der Waals surface area (Å²) in [6.45, 7) is 1.48. The fourth-order valence-electron chi connectivity index (χ4n) is 3.30. The maximum atomic E-state index is 12.6. The first-order valence-electron chi connectivity index (χ1n) is 7.48. The molecule has 1 amide bonds. The van der Waals surface area contributed by atoms with Crippen molar-refractivity contribution >= 4 is 17.2 Å². The van der Waals surface area contributed by atoms with Crippen molar-refractivity contribution in [3.63, 3.8) is 0 Å². The van der Waals surface area contributed by atoms with Crippen LogP contribution in [0.25, 0.3) is 10.4 Å². The van der Waals surface area contributed by atoms with E-state index in [-0.39, 0.29) is 11.9 Å². The van der Waals surface area contributed by atoms with Gasteiger partial charge in [-0.05, 0) is 42.0 Å². The Bertz CT molecular complexity index is 707. The maximum absolute atomic E-state index is 12.6. The zero-order valence-corrected chi connectivity index (χ0v) is 12.7. The average molecular weight is 298 g/mol. The second kappa shape index (κ2) is 4.97. The van der Waals surface area contributed by atoms with Gasteiger partial charge in [0.2, 0.25) is 0 Å². The molecule has 2 N–H and O–H groups in total. The number of nitrogens with zero attached hydrogens (tertiary/aromatic N) is 1. The number of amides is 1. The van der Waals surface area contributed by atoms with Gasteiger partial charge in [0.05, 0.1) is 4.88 Å². The predicted octanol–water partition coefficient (Wildman–Crippen LogP) is 2.69. The van der Waals surface area contributed by atoms with Crippen molar-refractivity contribution in [1.29, 1.82) is 0 Å². The number of thiophene rings is 1. The van der Waals surface area contributed by atoms with Crippen molar-refractivity contribution in [2.24, 2.45) is 5.73 Å². The number of likely N-dealkylation sites (tertiary alicyclic amines) is 1. The van der Waals surface area contributed by atoms with Gasteiger partial charge >= 0.3 is 0 Å². The number of benzene rings is 1. The quantitative estimate of drug-likeness (QED) is 0.880. The molecule has 1 saturated heterocycles. The lowest BCUT2D eigenvalue weighted by Crippen LogP contribution is -2.31. The van der Waals surface area contributed by atoms with E-state index in [1.807, 2.05) is 4.90 Å². The second-order valence-corrected chi connectivity index (χ2v) is 6.97. The van der Waals surface area contributed by atoms with Crippen LogP contribution < -0.4 is 5.73 Å². The second-order valence-electron chi connectivity index (χ2n) is 5.92. The summed E-state index contributed by atoms with van der Waals surface area (Å²) in [5, 5.41) is 0. The van der Waals surface area contributed by atoms with E-state index in [0.29, 0.717) is 6.54 Å². The van der Waals surface area contributed by atoms with Crippen LogP contribution in [0.4, 0.5) is 0 Å². The SMILES string of the molecule is N[C@H]1CCN(C(=O)c2cc3c(s2)-c2ccccc2CC3)C1. The smallest absolute Gasteiger partial charge is 0.264 e. The molecule has 4 rings (SSSR count). The third-order valence-electron chi connectivity index (χ3n) is 4.46. The van der Waals surface area contributed by atoms with Crippen LogP contribution in [0.5, 0.6) is 0 Å². The van der Waals surface area contributed by atoms with Crippen LogP contribution in [0.3, 0.4) is 0 Å². The van der Waals surface area contributed by atoms with E-state index in [9.17, 15) is 4.79 Å². The summed E-state index contributed by atoms with van der Waals surface area (Å²) >= 11 is 1.64. The summed E-state index contributed by atoms with van der Waals surface area (Å²) in [4.78, 5) is 16.6. The van der Waals surface area contributed by atoms with Crippen molar-refractivity contribution in [2.75, 3.05) is 13.1 Å². The third-order valence-corrected chi connectivity index (χ3v) is 5.66. The zero-order chi connectivity index (χ0) is 14.4. The summed E-state index contributed by atoms with van der Waals surface area (Å²) in [6, 6.07) is 10.8. The Morgan fingerprint density at radius 1 is 1.24 bits per heavy atom. The fourth-order valence-corrected chi connectivity index (χ4v) is 4.54. The fraction of sp³-hybridized carbons (Fsp3) is 0.353. The molecule has 1 fully saturated rings. The molecule has 3 nitrogen and oxygen atoms in total. The van der Waals surface area contributed by atoms with Crippen LogP contribution >= 0.6 is 11.3 Å². The minimum absolute atomic E-state index is 0.143. The van der Waals surface area contributed by atoms with Gasteiger partial charge in [-0.3, -0.25) is 4.79 Å². The minimum atomic E-state index is 0.143. The first-order valence-corrected chi connectivity index (χ1v) is 8.30. The molecule has 1 aliphatic heterocycles. The summed E-state index contributed by atoms with van der Waals surface area (Å²) < 4.78 is 0. The molecule has 2 aromatic rings. The number of carbonyl (C=O) groups is 1. The largest absolute Gasteiger partial charge is 0.336 e.